The van der Waals surface area contributed by atoms with E-state index in [1.54, 1.807) is 0 Å². The van der Waals surface area contributed by atoms with E-state index >= 15 is 0 Å². The third-order valence-electron chi connectivity index (χ3n) is 9.06. The van der Waals surface area contributed by atoms with Gasteiger partial charge < -0.3 is 10.2 Å². The summed E-state index contributed by atoms with van der Waals surface area (Å²) < 4.78 is 1.42. The van der Waals surface area contributed by atoms with Gasteiger partial charge in [-0.05, 0) is 57.3 Å². The van der Waals surface area contributed by atoms with Gasteiger partial charge in [-0.2, -0.15) is 0 Å². The van der Waals surface area contributed by atoms with Gasteiger partial charge in [-0.25, -0.2) is 0 Å². The van der Waals surface area contributed by atoms with Crippen molar-refractivity contribution in [3.8, 4) is 0 Å². The number of quaternary nitrogens is 1. The molecule has 0 aliphatic rings. The SMILES string of the molecule is CCCCCCC(CCCC)C(N)(CCCC)CCCC.CCCC[N+](CCCC)(CCCC)CCCC. The molecule has 0 aromatic heterocycles. The van der Waals surface area contributed by atoms with Crippen molar-refractivity contribution in [3.63, 3.8) is 0 Å². The highest BCUT2D eigenvalue weighted by atomic mass is 15.3. The van der Waals surface area contributed by atoms with Gasteiger partial charge >= 0.3 is 0 Å². The first-order valence-corrected chi connectivity index (χ1v) is 18.0. The van der Waals surface area contributed by atoms with Gasteiger partial charge in [-0.3, -0.25) is 0 Å². The zero-order valence-electron chi connectivity index (χ0n) is 28.5. The van der Waals surface area contributed by atoms with Gasteiger partial charge in [-0.15, -0.1) is 0 Å². The molecule has 0 fully saturated rings. The molecule has 0 rings (SSSR count). The molecule has 0 heterocycles. The summed E-state index contributed by atoms with van der Waals surface area (Å²) in [5, 5.41) is 0. The van der Waals surface area contributed by atoms with Crippen molar-refractivity contribution in [1.29, 1.82) is 0 Å². The Morgan fingerprint density at radius 2 is 0.763 bits per heavy atom. The molecule has 0 saturated carbocycles. The molecule has 38 heavy (non-hydrogen) atoms. The van der Waals surface area contributed by atoms with Crippen LogP contribution in [0, 0.1) is 5.92 Å². The molecule has 1 unspecified atom stereocenters. The molecule has 1 atom stereocenters. The Kier molecular flexibility index (Phi) is 30.0. The van der Waals surface area contributed by atoms with Crippen LogP contribution in [0.1, 0.15) is 197 Å². The van der Waals surface area contributed by atoms with Gasteiger partial charge in [0.1, 0.15) is 0 Å². The molecule has 2 N–H and O–H groups in total. The van der Waals surface area contributed by atoms with E-state index < -0.39 is 0 Å². The average molecular weight is 540 g/mol. The summed E-state index contributed by atoms with van der Waals surface area (Å²) in [7, 11) is 0. The second-order valence-corrected chi connectivity index (χ2v) is 12.8. The third kappa shape index (κ3) is 20.8. The van der Waals surface area contributed by atoms with Crippen LogP contribution in [-0.2, 0) is 0 Å². The van der Waals surface area contributed by atoms with Crippen molar-refractivity contribution < 1.29 is 4.48 Å². The quantitative estimate of drug-likeness (QED) is 0.0815. The number of nitrogens with two attached hydrogens (primary N) is 1. The first-order valence-electron chi connectivity index (χ1n) is 18.0. The van der Waals surface area contributed by atoms with Gasteiger partial charge in [0.2, 0.25) is 0 Å². The summed E-state index contributed by atoms with van der Waals surface area (Å²) in [6, 6.07) is 0. The Morgan fingerprint density at radius 3 is 1.11 bits per heavy atom. The van der Waals surface area contributed by atoms with Gasteiger partial charge in [0.25, 0.3) is 0 Å². The lowest BCUT2D eigenvalue weighted by atomic mass is 9.72. The maximum Gasteiger partial charge on any atom is 0.0786 e. The van der Waals surface area contributed by atoms with Crippen LogP contribution in [0.2, 0.25) is 0 Å². The molecule has 0 aromatic rings. The minimum absolute atomic E-state index is 0.118. The fraction of sp³-hybridized carbons (Fsp3) is 1.00. The highest BCUT2D eigenvalue weighted by Gasteiger charge is 2.32. The average Bonchev–Trinajstić information content (AvgIpc) is 2.94. The van der Waals surface area contributed by atoms with E-state index in [4.69, 9.17) is 5.73 Å². The molecular formula is C36H79N2+. The molecule has 0 aliphatic carbocycles. The van der Waals surface area contributed by atoms with Crippen LogP contribution in [0.3, 0.4) is 0 Å². The fourth-order valence-corrected chi connectivity index (χ4v) is 6.18. The molecule has 0 saturated heterocycles. The Bertz CT molecular complexity index is 401. The highest BCUT2D eigenvalue weighted by molar-refractivity contribution is 4.91. The second-order valence-electron chi connectivity index (χ2n) is 12.8. The maximum atomic E-state index is 6.97. The van der Waals surface area contributed by atoms with Crippen molar-refractivity contribution in [1.82, 2.24) is 0 Å². The van der Waals surface area contributed by atoms with Crippen LogP contribution in [-0.4, -0.2) is 36.2 Å². The first-order chi connectivity index (χ1) is 18.4. The number of hydrogen-bond donors (Lipinski definition) is 1. The number of nitrogens with zero attached hydrogens (tertiary/aromatic N) is 1. The number of hydrogen-bond acceptors (Lipinski definition) is 1. The molecular weight excluding hydrogens is 460 g/mol. The topological polar surface area (TPSA) is 26.0 Å². The molecule has 0 bridgehead atoms. The van der Waals surface area contributed by atoms with Crippen molar-refractivity contribution in [2.45, 2.75) is 202 Å². The number of rotatable bonds is 27. The summed E-state index contributed by atoms with van der Waals surface area (Å²) in [5.41, 5.74) is 7.09. The van der Waals surface area contributed by atoms with E-state index in [0.717, 1.165) is 5.92 Å². The lowest BCUT2D eigenvalue weighted by Gasteiger charge is -2.39. The monoisotopic (exact) mass is 540 g/mol. The van der Waals surface area contributed by atoms with Crippen molar-refractivity contribution >= 4 is 0 Å². The zero-order valence-corrected chi connectivity index (χ0v) is 28.5. The summed E-state index contributed by atoms with van der Waals surface area (Å²) >= 11 is 0. The van der Waals surface area contributed by atoms with Crippen molar-refractivity contribution in [2.75, 3.05) is 26.2 Å². The van der Waals surface area contributed by atoms with E-state index in [9.17, 15) is 0 Å². The lowest BCUT2D eigenvalue weighted by molar-refractivity contribution is -0.929. The van der Waals surface area contributed by atoms with E-state index in [1.807, 2.05) is 0 Å². The second kappa shape index (κ2) is 28.4. The lowest BCUT2D eigenvalue weighted by Crippen LogP contribution is -2.50. The minimum Gasteiger partial charge on any atom is -0.325 e. The predicted octanol–water partition coefficient (Wildman–Crippen LogP) is 11.8. The van der Waals surface area contributed by atoms with Crippen molar-refractivity contribution in [3.05, 3.63) is 0 Å². The molecule has 0 amide bonds. The van der Waals surface area contributed by atoms with Crippen LogP contribution in [0.4, 0.5) is 0 Å². The van der Waals surface area contributed by atoms with Crippen LogP contribution in [0.5, 0.6) is 0 Å². The smallest absolute Gasteiger partial charge is 0.0786 e. The molecule has 0 aliphatic heterocycles. The molecule has 0 spiro atoms. The molecule has 2 nitrogen and oxygen atoms in total. The van der Waals surface area contributed by atoms with Gasteiger partial charge in [0.15, 0.2) is 0 Å². The van der Waals surface area contributed by atoms with Crippen molar-refractivity contribution in [2.24, 2.45) is 11.7 Å². The van der Waals surface area contributed by atoms with E-state index in [0.29, 0.717) is 0 Å². The third-order valence-corrected chi connectivity index (χ3v) is 9.06. The predicted molar refractivity (Wildman–Crippen MR) is 177 cm³/mol. The summed E-state index contributed by atoms with van der Waals surface area (Å²) in [5.74, 6) is 0.757. The van der Waals surface area contributed by atoms with Crippen LogP contribution in [0.15, 0.2) is 0 Å². The number of unbranched alkanes of at least 4 members (excludes halogenated alkanes) is 10. The largest absolute Gasteiger partial charge is 0.325 e. The molecule has 0 aromatic carbocycles. The standard InChI is InChI=1S/C20H43N.C16H36N/c1-5-9-13-14-16-19(15-10-6-2)20(21,17-11-7-3)18-12-8-4;1-5-9-13-17(14-10-6-2,15-11-7-3)16-12-8-4/h19H,5-18,21H2,1-4H3;5-16H2,1-4H3/q;+1. The Hall–Kier alpha value is -0.0800. The Balaban J connectivity index is 0. The van der Waals surface area contributed by atoms with Gasteiger partial charge in [0, 0.05) is 5.54 Å². The molecule has 0 radical (unpaired) electrons. The summed E-state index contributed by atoms with van der Waals surface area (Å²) in [6.45, 7) is 24.2. The first kappa shape index (κ1) is 40.1. The van der Waals surface area contributed by atoms with Gasteiger partial charge in [0.05, 0.1) is 26.2 Å². The maximum absolute atomic E-state index is 6.97. The highest BCUT2D eigenvalue weighted by Crippen LogP contribution is 2.34. The van der Waals surface area contributed by atoms with E-state index in [-0.39, 0.29) is 5.54 Å². The molecule has 232 valence electrons. The normalized spacial score (nSPS) is 12.9. The van der Waals surface area contributed by atoms with Crippen LogP contribution < -0.4 is 5.73 Å². The molecule has 2 heteroatoms. The zero-order chi connectivity index (χ0) is 29.0. The van der Waals surface area contributed by atoms with E-state index in [2.05, 4.69) is 55.4 Å². The van der Waals surface area contributed by atoms with E-state index in [1.165, 1.54) is 172 Å². The fourth-order valence-electron chi connectivity index (χ4n) is 6.18. The van der Waals surface area contributed by atoms with Crippen LogP contribution >= 0.6 is 0 Å². The minimum atomic E-state index is 0.118. The summed E-state index contributed by atoms with van der Waals surface area (Å²) in [6.07, 6.45) is 29.6. The van der Waals surface area contributed by atoms with Crippen LogP contribution in [0.25, 0.3) is 0 Å². The summed E-state index contributed by atoms with van der Waals surface area (Å²) in [4.78, 5) is 0. The Labute approximate surface area is 244 Å². The Morgan fingerprint density at radius 1 is 0.421 bits per heavy atom. The van der Waals surface area contributed by atoms with Gasteiger partial charge in [-0.1, -0.05) is 145 Å².